The molecule has 1 atom stereocenters. The van der Waals surface area contributed by atoms with E-state index in [2.05, 4.69) is 4.98 Å². The number of amides is 1. The molecule has 0 bridgehead atoms. The molecule has 0 saturated carbocycles. The molecule has 0 spiro atoms. The number of benzene rings is 2. The first-order valence-electron chi connectivity index (χ1n) is 8.30. The molecule has 0 aliphatic rings. The Hall–Kier alpha value is -2.70. The van der Waals surface area contributed by atoms with Crippen LogP contribution in [0.25, 0.3) is 21.2 Å². The minimum atomic E-state index is -0.379. The molecule has 27 heavy (non-hydrogen) atoms. The summed E-state index contributed by atoms with van der Waals surface area (Å²) in [4.78, 5) is 31.3. The third-order valence-corrected chi connectivity index (χ3v) is 5.91. The van der Waals surface area contributed by atoms with Gasteiger partial charge in [-0.3, -0.25) is 9.59 Å². The highest BCUT2D eigenvalue weighted by atomic mass is 35.5. The molecule has 0 fully saturated rings. The van der Waals surface area contributed by atoms with Crippen LogP contribution < -0.4 is 5.43 Å². The van der Waals surface area contributed by atoms with E-state index in [0.29, 0.717) is 16.0 Å². The number of nitrogens with zero attached hydrogens (tertiary/aromatic N) is 2. The molecule has 136 valence electrons. The van der Waals surface area contributed by atoms with Crippen LogP contribution in [-0.2, 0) is 0 Å². The van der Waals surface area contributed by atoms with Crippen molar-refractivity contribution in [2.24, 2.45) is 0 Å². The molecule has 0 aliphatic carbocycles. The van der Waals surface area contributed by atoms with Gasteiger partial charge in [-0.15, -0.1) is 11.3 Å². The van der Waals surface area contributed by atoms with Crippen LogP contribution in [0.1, 0.15) is 28.5 Å². The highest BCUT2D eigenvalue weighted by Gasteiger charge is 2.24. The van der Waals surface area contributed by atoms with E-state index in [-0.39, 0.29) is 23.1 Å². The Morgan fingerprint density at radius 1 is 1.22 bits per heavy atom. The molecule has 0 radical (unpaired) electrons. The second-order valence-electron chi connectivity index (χ2n) is 6.23. The molecule has 5 nitrogen and oxygen atoms in total. The smallest absolute Gasteiger partial charge is 0.290 e. The van der Waals surface area contributed by atoms with Crippen LogP contribution in [0.4, 0.5) is 0 Å². The number of carbonyl (C=O) groups excluding carboxylic acids is 1. The van der Waals surface area contributed by atoms with Crippen molar-refractivity contribution in [3.8, 4) is 0 Å². The van der Waals surface area contributed by atoms with Gasteiger partial charge in [-0.05, 0) is 37.3 Å². The predicted octanol–water partition coefficient (Wildman–Crippen LogP) is 4.89. The molecule has 0 saturated heterocycles. The van der Waals surface area contributed by atoms with Gasteiger partial charge in [0.25, 0.3) is 5.91 Å². The van der Waals surface area contributed by atoms with Crippen LogP contribution in [-0.4, -0.2) is 22.8 Å². The van der Waals surface area contributed by atoms with Gasteiger partial charge in [-0.1, -0.05) is 23.7 Å². The SMILES string of the molecule is C[C@@H](c1nc2ccccc2s1)N(C)C(=O)c1cc(=O)c2cc(Cl)ccc2o1. The Bertz CT molecular complexity index is 1200. The molecule has 0 N–H and O–H groups in total. The Balaban J connectivity index is 1.68. The van der Waals surface area contributed by atoms with Crippen molar-refractivity contribution in [2.45, 2.75) is 13.0 Å². The van der Waals surface area contributed by atoms with Crippen molar-refractivity contribution >= 4 is 50.0 Å². The van der Waals surface area contributed by atoms with Crippen molar-refractivity contribution in [3.63, 3.8) is 0 Å². The molecule has 0 unspecified atom stereocenters. The van der Waals surface area contributed by atoms with Gasteiger partial charge in [0, 0.05) is 18.1 Å². The Labute approximate surface area is 163 Å². The van der Waals surface area contributed by atoms with Crippen molar-refractivity contribution < 1.29 is 9.21 Å². The number of thiazole rings is 1. The first-order valence-corrected chi connectivity index (χ1v) is 9.49. The van der Waals surface area contributed by atoms with Crippen LogP contribution in [0.3, 0.4) is 0 Å². The summed E-state index contributed by atoms with van der Waals surface area (Å²) in [6, 6.07) is 13.5. The number of fused-ring (bicyclic) bond motifs is 2. The zero-order valence-corrected chi connectivity index (χ0v) is 16.2. The second kappa shape index (κ2) is 6.79. The summed E-state index contributed by atoms with van der Waals surface area (Å²) in [7, 11) is 1.67. The normalized spacial score (nSPS) is 12.4. The van der Waals surface area contributed by atoms with Crippen molar-refractivity contribution in [1.29, 1.82) is 0 Å². The van der Waals surface area contributed by atoms with E-state index in [1.54, 1.807) is 30.5 Å². The number of rotatable bonds is 3. The molecule has 4 rings (SSSR count). The van der Waals surface area contributed by atoms with Gasteiger partial charge in [0.05, 0.1) is 21.6 Å². The molecule has 2 aromatic heterocycles. The summed E-state index contributed by atoms with van der Waals surface area (Å²) in [5.74, 6) is -0.388. The van der Waals surface area contributed by atoms with E-state index in [9.17, 15) is 9.59 Å². The number of aromatic nitrogens is 1. The number of carbonyl (C=O) groups is 1. The first-order chi connectivity index (χ1) is 12.9. The molecule has 2 aromatic carbocycles. The Kier molecular flexibility index (Phi) is 4.45. The monoisotopic (exact) mass is 398 g/mol. The molecule has 4 aromatic rings. The lowest BCUT2D eigenvalue weighted by Gasteiger charge is -2.22. The Morgan fingerprint density at radius 3 is 2.78 bits per heavy atom. The lowest BCUT2D eigenvalue weighted by molar-refractivity contribution is 0.0711. The molecule has 7 heteroatoms. The minimum absolute atomic E-state index is 0.00900. The van der Waals surface area contributed by atoms with E-state index >= 15 is 0 Å². The summed E-state index contributed by atoms with van der Waals surface area (Å²) in [5.41, 5.74) is 0.929. The van der Waals surface area contributed by atoms with Gasteiger partial charge in [-0.25, -0.2) is 4.98 Å². The third kappa shape index (κ3) is 3.22. The van der Waals surface area contributed by atoms with Crippen LogP contribution in [0.5, 0.6) is 0 Å². The van der Waals surface area contributed by atoms with E-state index in [4.69, 9.17) is 16.0 Å². The molecular weight excluding hydrogens is 384 g/mol. The average molecular weight is 399 g/mol. The lowest BCUT2D eigenvalue weighted by Crippen LogP contribution is -2.30. The largest absolute Gasteiger partial charge is 0.451 e. The average Bonchev–Trinajstić information content (AvgIpc) is 3.11. The van der Waals surface area contributed by atoms with Gasteiger partial charge < -0.3 is 9.32 Å². The zero-order valence-electron chi connectivity index (χ0n) is 14.6. The number of hydrogen-bond acceptors (Lipinski definition) is 5. The van der Waals surface area contributed by atoms with Crippen LogP contribution in [0, 0.1) is 0 Å². The highest BCUT2D eigenvalue weighted by Crippen LogP contribution is 2.29. The lowest BCUT2D eigenvalue weighted by atomic mass is 10.2. The molecule has 0 aliphatic heterocycles. The fourth-order valence-electron chi connectivity index (χ4n) is 2.82. The standard InChI is InChI=1S/C20H15ClN2O3S/c1-11(19-22-14-5-3-4-6-18(14)27-19)23(2)20(25)17-10-15(24)13-9-12(21)7-8-16(13)26-17/h3-11H,1-2H3/t11-/m0/s1. The van der Waals surface area contributed by atoms with Gasteiger partial charge in [0.1, 0.15) is 10.6 Å². The van der Waals surface area contributed by atoms with Crippen LogP contribution >= 0.6 is 22.9 Å². The third-order valence-electron chi connectivity index (χ3n) is 4.47. The van der Waals surface area contributed by atoms with E-state index < -0.39 is 0 Å². The number of hydrogen-bond donors (Lipinski definition) is 0. The minimum Gasteiger partial charge on any atom is -0.451 e. The number of halogens is 1. The molecular formula is C20H15ClN2O3S. The maximum absolute atomic E-state index is 12.9. The summed E-state index contributed by atoms with van der Waals surface area (Å²) in [6.07, 6.45) is 0. The van der Waals surface area contributed by atoms with Crippen molar-refractivity contribution in [3.05, 3.63) is 74.5 Å². The van der Waals surface area contributed by atoms with Crippen LogP contribution in [0.15, 0.2) is 57.7 Å². The maximum Gasteiger partial charge on any atom is 0.290 e. The van der Waals surface area contributed by atoms with Gasteiger partial charge in [0.2, 0.25) is 0 Å². The molecule has 1 amide bonds. The van der Waals surface area contributed by atoms with Crippen LogP contribution in [0.2, 0.25) is 5.02 Å². The summed E-state index contributed by atoms with van der Waals surface area (Å²) >= 11 is 7.47. The van der Waals surface area contributed by atoms with Gasteiger partial charge >= 0.3 is 0 Å². The maximum atomic E-state index is 12.9. The molecule has 2 heterocycles. The first kappa shape index (κ1) is 17.7. The Morgan fingerprint density at radius 2 is 2.00 bits per heavy atom. The topological polar surface area (TPSA) is 63.4 Å². The van der Waals surface area contributed by atoms with E-state index in [1.807, 2.05) is 31.2 Å². The fourth-order valence-corrected chi connectivity index (χ4v) is 4.05. The summed E-state index contributed by atoms with van der Waals surface area (Å²) in [6.45, 7) is 1.90. The predicted molar refractivity (Wildman–Crippen MR) is 108 cm³/mol. The highest BCUT2D eigenvalue weighted by molar-refractivity contribution is 7.18. The summed E-state index contributed by atoms with van der Waals surface area (Å²) < 4.78 is 6.72. The van der Waals surface area contributed by atoms with E-state index in [0.717, 1.165) is 15.2 Å². The van der Waals surface area contributed by atoms with E-state index in [1.165, 1.54) is 17.0 Å². The van der Waals surface area contributed by atoms with Crippen molar-refractivity contribution in [2.75, 3.05) is 7.05 Å². The fraction of sp³-hybridized carbons (Fsp3) is 0.150. The van der Waals surface area contributed by atoms with Gasteiger partial charge in [-0.2, -0.15) is 0 Å². The summed E-state index contributed by atoms with van der Waals surface area (Å²) in [5, 5.41) is 1.61. The van der Waals surface area contributed by atoms with Crippen molar-refractivity contribution in [1.82, 2.24) is 9.88 Å². The zero-order chi connectivity index (χ0) is 19.1. The number of para-hydroxylation sites is 1. The second-order valence-corrected chi connectivity index (χ2v) is 7.73. The van der Waals surface area contributed by atoms with Gasteiger partial charge in [0.15, 0.2) is 11.2 Å². The quantitative estimate of drug-likeness (QED) is 0.493.